The molecule has 3 saturated heterocycles. The molecular weight excluding hydrogens is 777 g/mol. The lowest BCUT2D eigenvalue weighted by molar-refractivity contribution is -0.293. The van der Waals surface area contributed by atoms with Crippen LogP contribution in [0.1, 0.15) is 41.0 Å². The topological polar surface area (TPSA) is 288 Å². The lowest BCUT2D eigenvalue weighted by atomic mass is 9.79. The van der Waals surface area contributed by atoms with E-state index in [1.165, 1.54) is 0 Å². The van der Waals surface area contributed by atoms with Crippen molar-refractivity contribution in [2.75, 3.05) is 30.3 Å². The predicted octanol–water partition coefficient (Wildman–Crippen LogP) is 1.99. The average Bonchev–Trinajstić information content (AvgIpc) is 3.52. The molecule has 4 fully saturated rings. The number of rotatable bonds is 13. The maximum Gasteiger partial charge on any atom is 0.411 e. The van der Waals surface area contributed by atoms with Crippen molar-refractivity contribution in [1.29, 1.82) is 0 Å². The number of hydrogen-bond donors (Lipinski definition) is 8. The van der Waals surface area contributed by atoms with Gasteiger partial charge in [0.05, 0.1) is 36.5 Å². The highest BCUT2D eigenvalue weighted by Crippen LogP contribution is 2.40. The number of carbonyl (C=O) groups is 2. The summed E-state index contributed by atoms with van der Waals surface area (Å²) < 4.78 is 51.0. The largest absolute Gasteiger partial charge is 0.446 e. The molecule has 60 heavy (non-hydrogen) atoms. The molecule has 19 unspecified atom stereocenters. The number of benzene rings is 2. The number of hydrogen-bond acceptors (Lipinski definition) is 16. The first-order valence-electron chi connectivity index (χ1n) is 21.1. The summed E-state index contributed by atoms with van der Waals surface area (Å²) >= 11 is 0. The van der Waals surface area contributed by atoms with Gasteiger partial charge in [-0.15, -0.1) is 0 Å². The number of carbonyl (C=O) groups excluding carboxylic acids is 2. The normalized spacial score (nSPS) is 40.7. The highest BCUT2D eigenvalue weighted by molar-refractivity contribution is 5.85. The van der Waals surface area contributed by atoms with E-state index < -0.39 is 91.7 Å². The second-order valence-corrected chi connectivity index (χ2v) is 16.9. The second kappa shape index (κ2) is 20.6. The van der Waals surface area contributed by atoms with Crippen molar-refractivity contribution in [2.24, 2.45) is 64.0 Å². The third-order valence-corrected chi connectivity index (χ3v) is 12.9. The van der Waals surface area contributed by atoms with Gasteiger partial charge in [0.2, 0.25) is 0 Å². The molecule has 0 aromatic heterocycles. The zero-order valence-corrected chi connectivity index (χ0v) is 35.1. The molecule has 334 valence electrons. The Morgan fingerprint density at radius 3 is 1.68 bits per heavy atom. The fourth-order valence-electron chi connectivity index (χ4n) is 8.69. The Bertz CT molecular complexity index is 1670. The van der Waals surface area contributed by atoms with Gasteiger partial charge in [-0.05, 0) is 42.5 Å². The zero-order chi connectivity index (χ0) is 43.2. The van der Waals surface area contributed by atoms with Crippen molar-refractivity contribution >= 4 is 23.6 Å². The Labute approximate surface area is 352 Å². The summed E-state index contributed by atoms with van der Waals surface area (Å²) in [5, 5.41) is 5.47. The summed E-state index contributed by atoms with van der Waals surface area (Å²) in [5.74, 6) is -0.952. The fraction of sp³-hybridized carbons (Fsp3) is 0.667. The Kier molecular flexibility index (Phi) is 15.8. The van der Waals surface area contributed by atoms with Gasteiger partial charge in [-0.25, -0.2) is 9.59 Å². The van der Waals surface area contributed by atoms with Crippen LogP contribution >= 0.6 is 0 Å². The van der Waals surface area contributed by atoms with E-state index in [0.29, 0.717) is 24.3 Å². The first-order valence-corrected chi connectivity index (χ1v) is 21.1. The van der Waals surface area contributed by atoms with Crippen molar-refractivity contribution in [1.82, 2.24) is 0 Å². The van der Waals surface area contributed by atoms with Crippen molar-refractivity contribution in [3.63, 3.8) is 0 Å². The minimum Gasteiger partial charge on any atom is -0.446 e. The van der Waals surface area contributed by atoms with Crippen LogP contribution in [-0.4, -0.2) is 118 Å². The van der Waals surface area contributed by atoms with E-state index in [-0.39, 0.29) is 49.0 Å². The van der Waals surface area contributed by atoms with Crippen LogP contribution in [0.25, 0.3) is 0 Å². The van der Waals surface area contributed by atoms with E-state index in [0.717, 1.165) is 0 Å². The lowest BCUT2D eigenvalue weighted by Gasteiger charge is -2.48. The van der Waals surface area contributed by atoms with Crippen LogP contribution in [0.5, 0.6) is 0 Å². The highest BCUT2D eigenvalue weighted by Gasteiger charge is 2.53. The Morgan fingerprint density at radius 2 is 1.08 bits per heavy atom. The standard InChI is InChI=1S/C42H66N8O10/c1-20-21(2)32(47)39(54-29(20)17-43)57-34-24(5)38(56-31(34)19-53-41(51)49-25-12-8-6-9-13-25)58-36-22(3)27(45)16-28(46)37(36)59-40-33(48)35(23(4)30(18-44)55-40)60-42(52)50-26-14-10-7-11-15-26/h6-15,20-24,27-40H,16-19,43-48H2,1-5H3,(H,49,51)(H,50,52). The fourth-order valence-corrected chi connectivity index (χ4v) is 8.69. The van der Waals surface area contributed by atoms with E-state index in [2.05, 4.69) is 24.5 Å². The van der Waals surface area contributed by atoms with Gasteiger partial charge in [-0.2, -0.15) is 0 Å². The minimum atomic E-state index is -1.08. The van der Waals surface area contributed by atoms with E-state index >= 15 is 0 Å². The van der Waals surface area contributed by atoms with Gasteiger partial charge in [0, 0.05) is 54.3 Å². The minimum absolute atomic E-state index is 0.0378. The molecule has 6 rings (SSSR count). The number of amides is 2. The summed E-state index contributed by atoms with van der Waals surface area (Å²) in [6.07, 6.45) is -8.43. The second-order valence-electron chi connectivity index (χ2n) is 16.9. The maximum atomic E-state index is 13.1. The molecule has 18 heteroatoms. The molecule has 0 bridgehead atoms. The van der Waals surface area contributed by atoms with Crippen molar-refractivity contribution in [3.8, 4) is 0 Å². The molecule has 4 aliphatic rings. The van der Waals surface area contributed by atoms with Gasteiger partial charge >= 0.3 is 12.2 Å². The Hall–Kier alpha value is -3.50. The van der Waals surface area contributed by atoms with Gasteiger partial charge in [0.1, 0.15) is 24.9 Å². The Balaban J connectivity index is 1.20. The van der Waals surface area contributed by atoms with Gasteiger partial charge < -0.3 is 72.3 Å². The molecule has 2 aromatic rings. The van der Waals surface area contributed by atoms with Gasteiger partial charge in [-0.1, -0.05) is 71.0 Å². The molecule has 1 saturated carbocycles. The van der Waals surface area contributed by atoms with Crippen LogP contribution in [0.2, 0.25) is 0 Å². The first kappa shape index (κ1) is 46.0. The van der Waals surface area contributed by atoms with Crippen LogP contribution in [0.4, 0.5) is 21.0 Å². The van der Waals surface area contributed by atoms with Crippen LogP contribution in [0.15, 0.2) is 60.7 Å². The van der Waals surface area contributed by atoms with Crippen molar-refractivity contribution in [3.05, 3.63) is 60.7 Å². The molecule has 14 N–H and O–H groups in total. The van der Waals surface area contributed by atoms with Gasteiger partial charge in [-0.3, -0.25) is 10.6 Å². The molecule has 1 aliphatic carbocycles. The SMILES string of the molecule is CC1C(CN)OC(OC2C(COC(=O)Nc3ccccc3)OC(OC3C(C)C(N)CC(N)C3OC3OC(CN)C(C)C(OC(=O)Nc4ccccc4)C3N)C2C)C(N)C1C. The average molecular weight is 843 g/mol. The maximum absolute atomic E-state index is 13.1. The van der Waals surface area contributed by atoms with Crippen molar-refractivity contribution in [2.45, 2.75) is 127 Å². The number of anilines is 2. The quantitative estimate of drug-likeness (QED) is 0.143. The summed E-state index contributed by atoms with van der Waals surface area (Å²) in [6.45, 7) is 10.1. The van der Waals surface area contributed by atoms with E-state index in [1.807, 2.05) is 32.9 Å². The molecule has 19 atom stereocenters. The third kappa shape index (κ3) is 10.6. The zero-order valence-electron chi connectivity index (χ0n) is 35.1. The lowest BCUT2D eigenvalue weighted by Crippen LogP contribution is -2.66. The highest BCUT2D eigenvalue weighted by atomic mass is 16.7. The number of para-hydroxylation sites is 2. The molecule has 2 aromatic carbocycles. The number of nitrogens with one attached hydrogen (secondary N) is 2. The predicted molar refractivity (Wildman–Crippen MR) is 223 cm³/mol. The summed E-state index contributed by atoms with van der Waals surface area (Å²) in [7, 11) is 0. The van der Waals surface area contributed by atoms with Crippen LogP contribution in [0.3, 0.4) is 0 Å². The molecule has 18 nitrogen and oxygen atoms in total. The summed E-state index contributed by atoms with van der Waals surface area (Å²) in [6, 6.07) is 15.5. The molecule has 2 amide bonds. The Morgan fingerprint density at radius 1 is 0.567 bits per heavy atom. The summed E-state index contributed by atoms with van der Waals surface area (Å²) in [4.78, 5) is 26.0. The molecule has 0 spiro atoms. The van der Waals surface area contributed by atoms with E-state index in [4.69, 9.17) is 72.3 Å². The van der Waals surface area contributed by atoms with Gasteiger partial charge in [0.25, 0.3) is 0 Å². The molecule has 0 radical (unpaired) electrons. The van der Waals surface area contributed by atoms with Gasteiger partial charge in [0.15, 0.2) is 18.9 Å². The number of ether oxygens (including phenoxy) is 8. The monoisotopic (exact) mass is 842 g/mol. The number of nitrogens with two attached hydrogens (primary N) is 6. The first-order chi connectivity index (χ1) is 28.7. The van der Waals surface area contributed by atoms with E-state index in [1.54, 1.807) is 48.5 Å². The van der Waals surface area contributed by atoms with E-state index in [9.17, 15) is 9.59 Å². The third-order valence-electron chi connectivity index (χ3n) is 12.9. The van der Waals surface area contributed by atoms with Crippen LogP contribution < -0.4 is 45.0 Å². The molecule has 3 heterocycles. The summed E-state index contributed by atoms with van der Waals surface area (Å²) in [5.41, 5.74) is 40.3. The van der Waals surface area contributed by atoms with Crippen molar-refractivity contribution < 1.29 is 47.5 Å². The molecule has 3 aliphatic heterocycles. The molecular formula is C42H66N8O10. The smallest absolute Gasteiger partial charge is 0.411 e. The van der Waals surface area contributed by atoms with Crippen LogP contribution in [-0.2, 0) is 37.9 Å². The van der Waals surface area contributed by atoms with Crippen LogP contribution in [0, 0.1) is 29.6 Å².